The molecule has 69 heavy (non-hydrogen) atoms. The van der Waals surface area contributed by atoms with Gasteiger partial charge in [0.2, 0.25) is 0 Å². The van der Waals surface area contributed by atoms with Gasteiger partial charge in [0, 0.05) is 0 Å². The van der Waals surface area contributed by atoms with E-state index in [-0.39, 0.29) is 0 Å². The molecule has 0 N–H and O–H groups in total. The molecule has 6 aromatic carbocycles. The fourth-order valence-electron chi connectivity index (χ4n) is 9.11. The van der Waals surface area contributed by atoms with E-state index < -0.39 is 14.5 Å². The highest BCUT2D eigenvalue weighted by molar-refractivity contribution is 7.95. The van der Waals surface area contributed by atoms with Gasteiger partial charge in [0.15, 0.2) is 23.8 Å². The highest BCUT2D eigenvalue weighted by Gasteiger charge is 2.49. The molecule has 0 bridgehead atoms. The standard InChI is InChI=1S/C58H60N4O4P2S/c1-3-5-7-27-41-63-53-54(64-42-28-8-6-4-2)56(58-62-60-52(66-58)44-68(48-35-21-12-22-36-48,49-37-23-13-24-38-49)50-39-25-14-26-40-50)69-55(53)57-61-59-51(65-57)43-67(45-29-15-9-16-30-45,46-31-17-10-18-32-46)47-33-19-11-20-34-47/h9-26,29-40H,3-8,27-28,41-44H2,1-2H3/q+2. The van der Waals surface area contributed by atoms with Crippen molar-refractivity contribution in [3.8, 4) is 33.0 Å². The topological polar surface area (TPSA) is 96.3 Å². The molecule has 0 aliphatic heterocycles. The number of thiophene rings is 1. The van der Waals surface area contributed by atoms with Crippen molar-refractivity contribution in [1.82, 2.24) is 20.4 Å². The molecular formula is C58H60N4O4P2S+2. The molecular weight excluding hydrogens is 911 g/mol. The first-order chi connectivity index (χ1) is 34.1. The van der Waals surface area contributed by atoms with Crippen LogP contribution in [0.5, 0.6) is 11.5 Å². The summed E-state index contributed by atoms with van der Waals surface area (Å²) in [5.74, 6) is 2.98. The summed E-state index contributed by atoms with van der Waals surface area (Å²) in [6.45, 7) is 5.45. The molecule has 0 saturated carbocycles. The van der Waals surface area contributed by atoms with E-state index in [1.807, 2.05) is 0 Å². The van der Waals surface area contributed by atoms with Crippen LogP contribution in [-0.4, -0.2) is 33.6 Å². The Labute approximate surface area is 411 Å². The highest BCUT2D eigenvalue weighted by atomic mass is 32.1. The van der Waals surface area contributed by atoms with Gasteiger partial charge in [0.05, 0.1) is 13.2 Å². The minimum absolute atomic E-state index is 0.370. The van der Waals surface area contributed by atoms with E-state index in [4.69, 9.17) is 38.7 Å². The SMILES string of the molecule is CCCCCCOc1c(-c2nnc(C[P+](c3ccccc3)(c3ccccc3)c3ccccc3)o2)sc(-c2nnc(C[P+](c3ccccc3)(c3ccccc3)c3ccccc3)o2)c1OCCCCCC. The number of hydrogen-bond acceptors (Lipinski definition) is 9. The fourth-order valence-corrected chi connectivity index (χ4v) is 18.2. The molecule has 350 valence electrons. The Morgan fingerprint density at radius 1 is 0.377 bits per heavy atom. The molecule has 3 aromatic heterocycles. The molecule has 11 heteroatoms. The Balaban J connectivity index is 1.15. The predicted octanol–water partition coefficient (Wildman–Crippen LogP) is 12.8. The Bertz CT molecular complexity index is 2540. The average molecular weight is 971 g/mol. The Hall–Kier alpha value is -6.24. The zero-order valence-corrected chi connectivity index (χ0v) is 42.1. The molecule has 8 nitrogen and oxygen atoms in total. The van der Waals surface area contributed by atoms with E-state index in [1.165, 1.54) is 43.2 Å². The minimum atomic E-state index is -2.33. The van der Waals surface area contributed by atoms with Crippen molar-refractivity contribution in [2.45, 2.75) is 77.5 Å². The van der Waals surface area contributed by atoms with Crippen LogP contribution in [0.4, 0.5) is 0 Å². The zero-order valence-electron chi connectivity index (χ0n) is 39.5. The molecule has 0 radical (unpaired) electrons. The lowest BCUT2D eigenvalue weighted by molar-refractivity contribution is 0.261. The molecule has 0 saturated heterocycles. The van der Waals surface area contributed by atoms with Crippen LogP contribution in [0.2, 0.25) is 0 Å². The van der Waals surface area contributed by atoms with Gasteiger partial charge in [0.1, 0.15) is 56.1 Å². The summed E-state index contributed by atoms with van der Waals surface area (Å²) in [7, 11) is -4.66. The summed E-state index contributed by atoms with van der Waals surface area (Å²) < 4.78 is 27.4. The molecule has 0 spiro atoms. The number of unbranched alkanes of at least 4 members (excludes halogenated alkanes) is 6. The first-order valence-corrected chi connectivity index (χ1v) is 29.1. The largest absolute Gasteiger partial charge is 0.488 e. The lowest BCUT2D eigenvalue weighted by Gasteiger charge is -2.26. The van der Waals surface area contributed by atoms with Crippen LogP contribution in [0.15, 0.2) is 191 Å². The molecule has 0 fully saturated rings. The van der Waals surface area contributed by atoms with Crippen LogP contribution in [-0.2, 0) is 12.3 Å². The van der Waals surface area contributed by atoms with Crippen molar-refractivity contribution < 1.29 is 18.3 Å². The van der Waals surface area contributed by atoms with Gasteiger partial charge in [-0.3, -0.25) is 0 Å². The monoisotopic (exact) mass is 970 g/mol. The first kappa shape index (κ1) is 47.8. The maximum absolute atomic E-state index is 6.87. The third kappa shape index (κ3) is 10.7. The van der Waals surface area contributed by atoms with E-state index in [0.717, 1.165) is 51.4 Å². The normalized spacial score (nSPS) is 11.7. The van der Waals surface area contributed by atoms with E-state index >= 15 is 0 Å². The molecule has 0 amide bonds. The Morgan fingerprint density at radius 2 is 0.667 bits per heavy atom. The molecule has 9 rings (SSSR count). The van der Waals surface area contributed by atoms with E-state index in [0.29, 0.717) is 70.4 Å². The maximum atomic E-state index is 6.87. The van der Waals surface area contributed by atoms with Crippen LogP contribution in [0.3, 0.4) is 0 Å². The van der Waals surface area contributed by atoms with E-state index in [2.05, 4.69) is 196 Å². The predicted molar refractivity (Wildman–Crippen MR) is 288 cm³/mol. The molecule has 0 aliphatic rings. The van der Waals surface area contributed by atoms with Crippen LogP contribution in [0, 0.1) is 0 Å². The van der Waals surface area contributed by atoms with Crippen molar-refractivity contribution in [2.24, 2.45) is 0 Å². The van der Waals surface area contributed by atoms with Gasteiger partial charge in [-0.1, -0.05) is 162 Å². The van der Waals surface area contributed by atoms with Crippen molar-refractivity contribution >= 4 is 57.7 Å². The highest BCUT2D eigenvalue weighted by Crippen LogP contribution is 2.60. The summed E-state index contributed by atoms with van der Waals surface area (Å²) in [5.41, 5.74) is 0. The number of benzene rings is 6. The average Bonchev–Trinajstić information content (AvgIpc) is 4.18. The minimum Gasteiger partial charge on any atom is -0.488 e. The van der Waals surface area contributed by atoms with Gasteiger partial charge >= 0.3 is 0 Å². The molecule has 9 aromatic rings. The fraction of sp³-hybridized carbons (Fsp3) is 0.241. The molecule has 3 heterocycles. The van der Waals surface area contributed by atoms with Crippen LogP contribution >= 0.6 is 25.9 Å². The number of aromatic nitrogens is 4. The maximum Gasteiger partial charge on any atom is 0.261 e. The number of hydrogen-bond donors (Lipinski definition) is 0. The van der Waals surface area contributed by atoms with Gasteiger partial charge in [0.25, 0.3) is 23.6 Å². The number of nitrogens with zero attached hydrogens (tertiary/aromatic N) is 4. The van der Waals surface area contributed by atoms with Crippen LogP contribution < -0.4 is 41.3 Å². The molecule has 0 atom stereocenters. The van der Waals surface area contributed by atoms with Crippen molar-refractivity contribution in [1.29, 1.82) is 0 Å². The number of ether oxygens (including phenoxy) is 2. The summed E-state index contributed by atoms with van der Waals surface area (Å²) >= 11 is 1.45. The van der Waals surface area contributed by atoms with Crippen LogP contribution in [0.1, 0.15) is 77.0 Å². The van der Waals surface area contributed by atoms with Crippen molar-refractivity contribution in [2.75, 3.05) is 13.2 Å². The van der Waals surface area contributed by atoms with Gasteiger partial charge in [-0.25, -0.2) is 0 Å². The van der Waals surface area contributed by atoms with Crippen molar-refractivity contribution in [3.05, 3.63) is 194 Å². The lowest BCUT2D eigenvalue weighted by Crippen LogP contribution is -2.32. The summed E-state index contributed by atoms with van der Waals surface area (Å²) in [5, 5.41) is 26.7. The second kappa shape index (κ2) is 23.4. The van der Waals surface area contributed by atoms with E-state index in [9.17, 15) is 0 Å². The first-order valence-electron chi connectivity index (χ1n) is 24.3. The zero-order chi connectivity index (χ0) is 47.1. The van der Waals surface area contributed by atoms with Gasteiger partial charge < -0.3 is 18.3 Å². The second-order valence-corrected chi connectivity index (χ2v) is 25.2. The van der Waals surface area contributed by atoms with Gasteiger partial charge in [-0.05, 0) is 85.6 Å². The smallest absolute Gasteiger partial charge is 0.261 e. The second-order valence-electron chi connectivity index (χ2n) is 17.2. The third-order valence-corrected chi connectivity index (χ3v) is 22.3. The molecule has 0 unspecified atom stereocenters. The molecule has 0 aliphatic carbocycles. The Morgan fingerprint density at radius 3 is 0.942 bits per heavy atom. The van der Waals surface area contributed by atoms with Crippen LogP contribution in [0.25, 0.3) is 21.5 Å². The van der Waals surface area contributed by atoms with E-state index in [1.54, 1.807) is 0 Å². The number of rotatable bonds is 24. The third-order valence-electron chi connectivity index (χ3n) is 12.6. The summed E-state index contributed by atoms with van der Waals surface area (Å²) in [6.07, 6.45) is 9.53. The van der Waals surface area contributed by atoms with Gasteiger partial charge in [-0.2, -0.15) is 0 Å². The van der Waals surface area contributed by atoms with Gasteiger partial charge in [-0.15, -0.1) is 31.7 Å². The van der Waals surface area contributed by atoms with Crippen molar-refractivity contribution in [3.63, 3.8) is 0 Å². The summed E-state index contributed by atoms with van der Waals surface area (Å²) in [4.78, 5) is 1.37. The quantitative estimate of drug-likeness (QED) is 0.0436. The summed E-state index contributed by atoms with van der Waals surface area (Å²) in [6, 6.07) is 64.6. The lowest BCUT2D eigenvalue weighted by atomic mass is 10.2. The Kier molecular flexibility index (Phi) is 16.2.